The number of rotatable bonds is 16. The van der Waals surface area contributed by atoms with Crippen molar-refractivity contribution in [2.24, 2.45) is 5.73 Å². The molecule has 0 aromatic rings. The number of hydrogen-bond acceptors (Lipinski definition) is 1. The molecule has 0 saturated heterocycles. The maximum Gasteiger partial charge on any atom is -0.00773 e. The van der Waals surface area contributed by atoms with E-state index in [-0.39, 0.29) is 7.43 Å². The third kappa shape index (κ3) is 20.3. The van der Waals surface area contributed by atoms with Gasteiger partial charge in [0.1, 0.15) is 0 Å². The first kappa shape index (κ1) is 22.2. The minimum atomic E-state index is 0. The third-order valence-corrected chi connectivity index (χ3v) is 4.06. The van der Waals surface area contributed by atoms with Crippen molar-refractivity contribution < 1.29 is 0 Å². The Bertz CT molecular complexity index is 129. The molecule has 0 aromatic carbocycles. The van der Waals surface area contributed by atoms with Gasteiger partial charge in [-0.15, -0.1) is 0 Å². The molecule has 0 unspecified atom stereocenters. The summed E-state index contributed by atoms with van der Waals surface area (Å²) < 4.78 is 0. The summed E-state index contributed by atoms with van der Waals surface area (Å²) in [5.74, 6) is 0. The zero-order valence-electron chi connectivity index (χ0n) is 14.6. The molecule has 0 amide bonds. The molecule has 0 atom stereocenters. The Balaban J connectivity index is 0. The van der Waals surface area contributed by atoms with E-state index >= 15 is 0 Å². The van der Waals surface area contributed by atoms with Gasteiger partial charge in [0.15, 0.2) is 0 Å². The molecule has 0 aromatic heterocycles. The van der Waals surface area contributed by atoms with Crippen LogP contribution in [0.2, 0.25) is 0 Å². The third-order valence-electron chi connectivity index (χ3n) is 4.06. The minimum Gasteiger partial charge on any atom is -0.330 e. The van der Waals surface area contributed by atoms with Crippen molar-refractivity contribution >= 4 is 0 Å². The molecule has 0 bridgehead atoms. The van der Waals surface area contributed by atoms with Crippen LogP contribution >= 0.6 is 0 Å². The van der Waals surface area contributed by atoms with Gasteiger partial charge >= 0.3 is 0 Å². The van der Waals surface area contributed by atoms with Gasteiger partial charge in [-0.3, -0.25) is 0 Å². The Hall–Kier alpha value is -0.0400. The summed E-state index contributed by atoms with van der Waals surface area (Å²) in [6, 6.07) is 0. The molecule has 0 heterocycles. The molecule has 0 aliphatic rings. The standard InChI is InChI=1S/C18H39N.CH3/c1-2-3-4-5-6-7-8-9-10-11-12-13-14-15-16-17-18-19;/h2-19H2,1H3;1H3. The molecule has 0 spiro atoms. The first-order valence-electron chi connectivity index (χ1n) is 9.12. The second-order valence-electron chi connectivity index (χ2n) is 6.09. The summed E-state index contributed by atoms with van der Waals surface area (Å²) in [4.78, 5) is 0. The van der Waals surface area contributed by atoms with Gasteiger partial charge in [0.2, 0.25) is 0 Å². The summed E-state index contributed by atoms with van der Waals surface area (Å²) in [7, 11) is 0. The summed E-state index contributed by atoms with van der Waals surface area (Å²) in [6.07, 6.45) is 22.9. The minimum absolute atomic E-state index is 0. The fourth-order valence-corrected chi connectivity index (χ4v) is 2.69. The van der Waals surface area contributed by atoms with E-state index in [0.29, 0.717) is 0 Å². The predicted octanol–water partition coefficient (Wildman–Crippen LogP) is 6.66. The van der Waals surface area contributed by atoms with Gasteiger partial charge in [0, 0.05) is 0 Å². The van der Waals surface area contributed by atoms with Crippen LogP contribution in [0, 0.1) is 7.43 Å². The number of nitrogens with two attached hydrogens (primary N) is 1. The lowest BCUT2D eigenvalue weighted by Crippen LogP contribution is -1.97. The maximum atomic E-state index is 5.48. The fraction of sp³-hybridized carbons (Fsp3) is 0.947. The molecule has 0 fully saturated rings. The van der Waals surface area contributed by atoms with E-state index in [2.05, 4.69) is 6.92 Å². The molecule has 2 N–H and O–H groups in total. The van der Waals surface area contributed by atoms with Crippen LogP contribution in [0.1, 0.15) is 110 Å². The van der Waals surface area contributed by atoms with Crippen molar-refractivity contribution in [1.29, 1.82) is 0 Å². The fourth-order valence-electron chi connectivity index (χ4n) is 2.69. The SMILES string of the molecule is CCCCCCCCCCCCCCCCCCN.[CH3]. The van der Waals surface area contributed by atoms with Gasteiger partial charge in [0.25, 0.3) is 0 Å². The van der Waals surface area contributed by atoms with E-state index in [0.717, 1.165) is 6.54 Å². The predicted molar refractivity (Wildman–Crippen MR) is 95.0 cm³/mol. The highest BCUT2D eigenvalue weighted by atomic mass is 14.5. The molecule has 0 aliphatic heterocycles. The Kier molecular flexibility index (Phi) is 23.6. The van der Waals surface area contributed by atoms with Gasteiger partial charge < -0.3 is 5.73 Å². The van der Waals surface area contributed by atoms with E-state index in [1.165, 1.54) is 103 Å². The summed E-state index contributed by atoms with van der Waals surface area (Å²) in [5.41, 5.74) is 5.48. The largest absolute Gasteiger partial charge is 0.330 e. The van der Waals surface area contributed by atoms with Gasteiger partial charge in [-0.1, -0.05) is 111 Å². The topological polar surface area (TPSA) is 26.0 Å². The summed E-state index contributed by atoms with van der Waals surface area (Å²) in [5, 5.41) is 0. The Morgan fingerprint density at radius 3 is 0.950 bits per heavy atom. The van der Waals surface area contributed by atoms with E-state index in [4.69, 9.17) is 5.73 Å². The smallest absolute Gasteiger partial charge is 0.00773 e. The van der Waals surface area contributed by atoms with Gasteiger partial charge in [-0.25, -0.2) is 0 Å². The van der Waals surface area contributed by atoms with Crippen molar-refractivity contribution in [3.63, 3.8) is 0 Å². The molecule has 20 heavy (non-hydrogen) atoms. The molecule has 0 saturated carbocycles. The average molecular weight is 285 g/mol. The molecule has 1 radical (unpaired) electrons. The van der Waals surface area contributed by atoms with Crippen LogP contribution in [0.3, 0.4) is 0 Å². The van der Waals surface area contributed by atoms with E-state index < -0.39 is 0 Å². The van der Waals surface area contributed by atoms with Crippen molar-refractivity contribution in [2.75, 3.05) is 6.54 Å². The first-order chi connectivity index (χ1) is 9.41. The lowest BCUT2D eigenvalue weighted by atomic mass is 10.0. The van der Waals surface area contributed by atoms with Crippen LogP contribution in [0.25, 0.3) is 0 Å². The summed E-state index contributed by atoms with van der Waals surface area (Å²) >= 11 is 0. The van der Waals surface area contributed by atoms with Crippen molar-refractivity contribution in [1.82, 2.24) is 0 Å². The number of hydrogen-bond donors (Lipinski definition) is 1. The highest BCUT2D eigenvalue weighted by Crippen LogP contribution is 2.13. The van der Waals surface area contributed by atoms with Crippen LogP contribution < -0.4 is 5.73 Å². The summed E-state index contributed by atoms with van der Waals surface area (Å²) in [6.45, 7) is 3.16. The lowest BCUT2D eigenvalue weighted by molar-refractivity contribution is 0.530. The normalized spacial score (nSPS) is 10.5. The van der Waals surface area contributed by atoms with E-state index in [1.807, 2.05) is 0 Å². The van der Waals surface area contributed by atoms with Crippen molar-refractivity contribution in [3.8, 4) is 0 Å². The Morgan fingerprint density at radius 2 is 0.700 bits per heavy atom. The quantitative estimate of drug-likeness (QED) is 0.315. The van der Waals surface area contributed by atoms with E-state index in [9.17, 15) is 0 Å². The molecule has 1 nitrogen and oxygen atoms in total. The zero-order valence-corrected chi connectivity index (χ0v) is 14.6. The number of unbranched alkanes of at least 4 members (excludes halogenated alkanes) is 15. The second-order valence-corrected chi connectivity index (χ2v) is 6.09. The Morgan fingerprint density at radius 1 is 0.450 bits per heavy atom. The monoisotopic (exact) mass is 284 g/mol. The van der Waals surface area contributed by atoms with Gasteiger partial charge in [-0.2, -0.15) is 0 Å². The molecule has 0 aliphatic carbocycles. The highest BCUT2D eigenvalue weighted by molar-refractivity contribution is 4.49. The van der Waals surface area contributed by atoms with Crippen LogP contribution in [-0.2, 0) is 0 Å². The molecule has 123 valence electrons. The molecular weight excluding hydrogens is 242 g/mol. The highest BCUT2D eigenvalue weighted by Gasteiger charge is 1.94. The zero-order chi connectivity index (χ0) is 14.0. The average Bonchev–Trinajstić information content (AvgIpc) is 2.43. The second kappa shape index (κ2) is 21.3. The van der Waals surface area contributed by atoms with E-state index in [1.54, 1.807) is 0 Å². The van der Waals surface area contributed by atoms with Crippen LogP contribution in [-0.4, -0.2) is 6.54 Å². The van der Waals surface area contributed by atoms with Crippen molar-refractivity contribution in [2.45, 2.75) is 110 Å². The molecular formula is C19H42N. The first-order valence-corrected chi connectivity index (χ1v) is 9.12. The lowest BCUT2D eigenvalue weighted by Gasteiger charge is -2.03. The molecule has 1 heteroatoms. The van der Waals surface area contributed by atoms with Crippen LogP contribution in [0.4, 0.5) is 0 Å². The molecule has 0 rings (SSSR count). The van der Waals surface area contributed by atoms with Gasteiger partial charge in [0.05, 0.1) is 0 Å². The van der Waals surface area contributed by atoms with Crippen LogP contribution in [0.5, 0.6) is 0 Å². The van der Waals surface area contributed by atoms with Crippen molar-refractivity contribution in [3.05, 3.63) is 7.43 Å². The van der Waals surface area contributed by atoms with Crippen LogP contribution in [0.15, 0.2) is 0 Å². The maximum absolute atomic E-state index is 5.48. The van der Waals surface area contributed by atoms with Gasteiger partial charge in [-0.05, 0) is 13.0 Å². The Labute approximate surface area is 130 Å².